The molecule has 19 heavy (non-hydrogen) atoms. The fraction of sp³-hybridized carbons (Fsp3) is 0.133. The minimum absolute atomic E-state index is 0.141. The Balaban J connectivity index is 2.23. The lowest BCUT2D eigenvalue weighted by Gasteiger charge is -2.10. The molecule has 0 aromatic heterocycles. The zero-order chi connectivity index (χ0) is 13.8. The molecule has 0 radical (unpaired) electrons. The molecule has 0 atom stereocenters. The lowest BCUT2D eigenvalue weighted by atomic mass is 10.1. The molecule has 0 aliphatic carbocycles. The highest BCUT2D eigenvalue weighted by atomic mass is 79.9. The van der Waals surface area contributed by atoms with E-state index in [2.05, 4.69) is 21.2 Å². The van der Waals surface area contributed by atoms with Crippen molar-refractivity contribution in [3.05, 3.63) is 58.1 Å². The van der Waals surface area contributed by atoms with Gasteiger partial charge in [-0.1, -0.05) is 28.1 Å². The van der Waals surface area contributed by atoms with Crippen LogP contribution in [0.4, 0.5) is 5.69 Å². The maximum atomic E-state index is 12.1. The van der Waals surface area contributed by atoms with Crippen LogP contribution in [0.5, 0.6) is 5.75 Å². The largest absolute Gasteiger partial charge is 0.497 e. The molecule has 0 heterocycles. The van der Waals surface area contributed by atoms with Gasteiger partial charge in [-0.15, -0.1) is 0 Å². The van der Waals surface area contributed by atoms with E-state index in [1.54, 1.807) is 19.2 Å². The molecule has 2 aromatic carbocycles. The molecule has 0 saturated carbocycles. The quantitative estimate of drug-likeness (QED) is 0.928. The van der Waals surface area contributed by atoms with Gasteiger partial charge in [0.25, 0.3) is 5.91 Å². The van der Waals surface area contributed by atoms with Gasteiger partial charge in [0.1, 0.15) is 5.75 Å². The van der Waals surface area contributed by atoms with Crippen molar-refractivity contribution >= 4 is 27.5 Å². The normalized spacial score (nSPS) is 10.1. The highest BCUT2D eigenvalue weighted by Crippen LogP contribution is 2.22. The van der Waals surface area contributed by atoms with Crippen molar-refractivity contribution in [2.45, 2.75) is 6.92 Å². The number of anilines is 1. The summed E-state index contributed by atoms with van der Waals surface area (Å²) >= 11 is 3.35. The number of halogens is 1. The Morgan fingerprint density at radius 2 is 2.00 bits per heavy atom. The van der Waals surface area contributed by atoms with E-state index in [0.29, 0.717) is 5.56 Å². The van der Waals surface area contributed by atoms with Crippen molar-refractivity contribution in [3.8, 4) is 5.75 Å². The maximum Gasteiger partial charge on any atom is 0.255 e. The summed E-state index contributed by atoms with van der Waals surface area (Å²) in [5.74, 6) is 0.577. The highest BCUT2D eigenvalue weighted by Gasteiger charge is 2.08. The van der Waals surface area contributed by atoms with Crippen LogP contribution in [0.1, 0.15) is 15.9 Å². The molecule has 0 unspecified atom stereocenters. The van der Waals surface area contributed by atoms with Gasteiger partial charge in [-0.05, 0) is 36.8 Å². The molecule has 0 aliphatic rings. The minimum atomic E-state index is -0.141. The molecule has 1 N–H and O–H groups in total. The monoisotopic (exact) mass is 319 g/mol. The summed E-state index contributed by atoms with van der Waals surface area (Å²) in [7, 11) is 1.60. The Morgan fingerprint density at radius 1 is 1.21 bits per heavy atom. The number of hydrogen-bond acceptors (Lipinski definition) is 2. The van der Waals surface area contributed by atoms with E-state index in [-0.39, 0.29) is 5.91 Å². The molecular weight excluding hydrogens is 306 g/mol. The van der Waals surface area contributed by atoms with Gasteiger partial charge in [-0.3, -0.25) is 4.79 Å². The molecule has 98 valence electrons. The van der Waals surface area contributed by atoms with Crippen molar-refractivity contribution in [2.75, 3.05) is 12.4 Å². The summed E-state index contributed by atoms with van der Waals surface area (Å²) in [5.41, 5.74) is 2.35. The Hall–Kier alpha value is -1.81. The van der Waals surface area contributed by atoms with Crippen LogP contribution in [0, 0.1) is 6.92 Å². The second kappa shape index (κ2) is 5.89. The van der Waals surface area contributed by atoms with Crippen LogP contribution in [-0.2, 0) is 0 Å². The Kier molecular flexibility index (Phi) is 4.22. The first-order chi connectivity index (χ1) is 9.10. The van der Waals surface area contributed by atoms with Crippen molar-refractivity contribution in [2.24, 2.45) is 0 Å². The van der Waals surface area contributed by atoms with Crippen LogP contribution in [0.3, 0.4) is 0 Å². The van der Waals surface area contributed by atoms with Crippen molar-refractivity contribution in [3.63, 3.8) is 0 Å². The molecule has 0 aliphatic heterocycles. The maximum absolute atomic E-state index is 12.1. The zero-order valence-electron chi connectivity index (χ0n) is 10.7. The second-order valence-corrected chi connectivity index (χ2v) is 5.06. The lowest BCUT2D eigenvalue weighted by molar-refractivity contribution is 0.102. The van der Waals surface area contributed by atoms with E-state index < -0.39 is 0 Å². The lowest BCUT2D eigenvalue weighted by Crippen LogP contribution is -2.12. The van der Waals surface area contributed by atoms with Gasteiger partial charge in [0.05, 0.1) is 7.11 Å². The highest BCUT2D eigenvalue weighted by molar-refractivity contribution is 9.10. The van der Waals surface area contributed by atoms with E-state index in [1.807, 2.05) is 37.3 Å². The number of hydrogen-bond donors (Lipinski definition) is 1. The predicted octanol–water partition coefficient (Wildman–Crippen LogP) is 4.02. The van der Waals surface area contributed by atoms with Gasteiger partial charge >= 0.3 is 0 Å². The molecule has 2 rings (SSSR count). The second-order valence-electron chi connectivity index (χ2n) is 4.15. The van der Waals surface area contributed by atoms with Crippen molar-refractivity contribution < 1.29 is 9.53 Å². The standard InChI is InChI=1S/C15H14BrNO2/c1-10-6-7-13(19-2)9-14(10)17-15(18)11-4-3-5-12(16)8-11/h3-9H,1-2H3,(H,17,18). The number of benzene rings is 2. The number of methoxy groups -OCH3 is 1. The first-order valence-corrected chi connectivity index (χ1v) is 6.61. The molecule has 2 aromatic rings. The summed E-state index contributed by atoms with van der Waals surface area (Å²) in [6.45, 7) is 1.94. The van der Waals surface area contributed by atoms with Gasteiger partial charge in [-0.2, -0.15) is 0 Å². The van der Waals surface area contributed by atoms with E-state index in [1.165, 1.54) is 0 Å². The van der Waals surface area contributed by atoms with Gasteiger partial charge in [0.15, 0.2) is 0 Å². The zero-order valence-corrected chi connectivity index (χ0v) is 12.3. The van der Waals surface area contributed by atoms with Crippen LogP contribution in [0.2, 0.25) is 0 Å². The fourth-order valence-corrected chi connectivity index (χ4v) is 2.09. The summed E-state index contributed by atoms with van der Waals surface area (Å²) in [6, 6.07) is 12.9. The van der Waals surface area contributed by atoms with Crippen molar-refractivity contribution in [1.82, 2.24) is 0 Å². The van der Waals surface area contributed by atoms with E-state index >= 15 is 0 Å². The number of carbonyl (C=O) groups is 1. The summed E-state index contributed by atoms with van der Waals surface area (Å²) < 4.78 is 6.03. The third-order valence-electron chi connectivity index (χ3n) is 2.78. The summed E-state index contributed by atoms with van der Waals surface area (Å²) in [5, 5.41) is 2.89. The van der Waals surface area contributed by atoms with Crippen LogP contribution >= 0.6 is 15.9 Å². The first kappa shape index (κ1) is 13.6. The van der Waals surface area contributed by atoms with Crippen LogP contribution in [0.25, 0.3) is 0 Å². The fourth-order valence-electron chi connectivity index (χ4n) is 1.69. The topological polar surface area (TPSA) is 38.3 Å². The van der Waals surface area contributed by atoms with E-state index in [9.17, 15) is 4.79 Å². The number of nitrogens with one attached hydrogen (secondary N) is 1. The average Bonchev–Trinajstić information content (AvgIpc) is 2.41. The smallest absolute Gasteiger partial charge is 0.255 e. The number of carbonyl (C=O) groups excluding carboxylic acids is 1. The van der Waals surface area contributed by atoms with Crippen LogP contribution < -0.4 is 10.1 Å². The predicted molar refractivity (Wildman–Crippen MR) is 79.8 cm³/mol. The summed E-state index contributed by atoms with van der Waals surface area (Å²) in [4.78, 5) is 12.1. The first-order valence-electron chi connectivity index (χ1n) is 5.81. The minimum Gasteiger partial charge on any atom is -0.497 e. The third kappa shape index (κ3) is 3.35. The van der Waals surface area contributed by atoms with Gasteiger partial charge in [-0.25, -0.2) is 0 Å². The van der Waals surface area contributed by atoms with E-state index in [4.69, 9.17) is 4.74 Å². The number of aryl methyl sites for hydroxylation is 1. The molecule has 0 spiro atoms. The Bertz CT molecular complexity index is 611. The third-order valence-corrected chi connectivity index (χ3v) is 3.27. The molecular formula is C15H14BrNO2. The molecule has 3 nitrogen and oxygen atoms in total. The Morgan fingerprint density at radius 3 is 2.68 bits per heavy atom. The molecule has 1 amide bonds. The van der Waals surface area contributed by atoms with E-state index in [0.717, 1.165) is 21.5 Å². The van der Waals surface area contributed by atoms with Crippen molar-refractivity contribution in [1.29, 1.82) is 0 Å². The molecule has 0 saturated heterocycles. The Labute approximate surface area is 120 Å². The molecule has 0 fully saturated rings. The number of amides is 1. The average molecular weight is 320 g/mol. The van der Waals surface area contributed by atoms with Gasteiger partial charge in [0.2, 0.25) is 0 Å². The van der Waals surface area contributed by atoms with Gasteiger partial charge in [0, 0.05) is 21.8 Å². The van der Waals surface area contributed by atoms with Gasteiger partial charge < -0.3 is 10.1 Å². The number of ether oxygens (including phenoxy) is 1. The summed E-state index contributed by atoms with van der Waals surface area (Å²) in [6.07, 6.45) is 0. The number of rotatable bonds is 3. The molecule has 0 bridgehead atoms. The molecule has 4 heteroatoms. The SMILES string of the molecule is COc1ccc(C)c(NC(=O)c2cccc(Br)c2)c1. The van der Waals surface area contributed by atoms with Crippen LogP contribution in [0.15, 0.2) is 46.9 Å². The van der Waals surface area contributed by atoms with Crippen LogP contribution in [-0.4, -0.2) is 13.0 Å².